The van der Waals surface area contributed by atoms with Gasteiger partial charge < -0.3 is 5.32 Å². The smallest absolute Gasteiger partial charge is 0.324 e. The van der Waals surface area contributed by atoms with Crippen molar-refractivity contribution in [2.45, 2.75) is 22.7 Å². The molecule has 8 nitrogen and oxygen atoms in total. The summed E-state index contributed by atoms with van der Waals surface area (Å²) in [7, 11) is 0. The van der Waals surface area contributed by atoms with Crippen LogP contribution in [0.4, 0.5) is 30.2 Å². The second-order valence-electron chi connectivity index (χ2n) is 5.96. The van der Waals surface area contributed by atoms with Crippen LogP contribution >= 0.6 is 11.8 Å². The van der Waals surface area contributed by atoms with E-state index in [1.807, 2.05) is 0 Å². The lowest BCUT2D eigenvalue weighted by atomic mass is 10.1. The van der Waals surface area contributed by atoms with Crippen LogP contribution in [0, 0.1) is 10.1 Å². The predicted molar refractivity (Wildman–Crippen MR) is 99.2 cm³/mol. The van der Waals surface area contributed by atoms with E-state index in [4.69, 9.17) is 0 Å². The van der Waals surface area contributed by atoms with E-state index < -0.39 is 33.5 Å². The predicted octanol–water partition coefficient (Wildman–Crippen LogP) is 3.56. The number of thioether (sulfide) groups is 1. The van der Waals surface area contributed by atoms with Crippen LogP contribution in [-0.4, -0.2) is 22.0 Å². The zero-order chi connectivity index (χ0) is 21.2. The van der Waals surface area contributed by atoms with Gasteiger partial charge in [-0.15, -0.1) is 11.8 Å². The van der Waals surface area contributed by atoms with E-state index in [0.717, 1.165) is 11.0 Å². The fraction of sp³-hybridized carbons (Fsp3) is 0.176. The molecule has 3 N–H and O–H groups in total. The number of anilines is 2. The van der Waals surface area contributed by atoms with Crippen molar-refractivity contribution in [1.29, 1.82) is 0 Å². The molecule has 0 aromatic heterocycles. The van der Waals surface area contributed by atoms with Crippen LogP contribution in [0.3, 0.4) is 0 Å². The summed E-state index contributed by atoms with van der Waals surface area (Å²) in [6, 6.07) is 8.92. The number of alkyl halides is 3. The first kappa shape index (κ1) is 20.5. The number of rotatable bonds is 5. The maximum absolute atomic E-state index is 12.7. The number of benzene rings is 2. The number of nitro benzene ring substituents is 1. The minimum atomic E-state index is -4.74. The van der Waals surface area contributed by atoms with Crippen LogP contribution < -0.4 is 16.2 Å². The second kappa shape index (κ2) is 7.99. The van der Waals surface area contributed by atoms with Gasteiger partial charge in [-0.2, -0.15) is 13.2 Å². The van der Waals surface area contributed by atoms with Crippen molar-refractivity contribution in [2.24, 2.45) is 0 Å². The number of carbonyl (C=O) groups excluding carboxylic acids is 2. The van der Waals surface area contributed by atoms with Crippen molar-refractivity contribution in [1.82, 2.24) is 5.43 Å². The Hall–Kier alpha value is -3.28. The monoisotopic (exact) mass is 426 g/mol. The number of nitro groups is 1. The van der Waals surface area contributed by atoms with Crippen molar-refractivity contribution in [3.8, 4) is 0 Å². The molecule has 1 aliphatic heterocycles. The molecule has 0 saturated heterocycles. The minimum Gasteiger partial charge on any atom is -0.324 e. The first-order valence-electron chi connectivity index (χ1n) is 8.12. The molecule has 0 fully saturated rings. The number of hydrazine groups is 1. The van der Waals surface area contributed by atoms with E-state index in [-0.39, 0.29) is 18.0 Å². The highest BCUT2D eigenvalue weighted by Gasteiger charge is 2.33. The molecular weight excluding hydrogens is 413 g/mol. The molecule has 12 heteroatoms. The molecule has 152 valence electrons. The third-order valence-electron chi connectivity index (χ3n) is 3.94. The molecule has 29 heavy (non-hydrogen) atoms. The molecule has 2 aromatic carbocycles. The van der Waals surface area contributed by atoms with Crippen molar-refractivity contribution in [3.05, 3.63) is 58.1 Å². The van der Waals surface area contributed by atoms with E-state index in [1.165, 1.54) is 11.8 Å². The van der Waals surface area contributed by atoms with E-state index >= 15 is 0 Å². The quantitative estimate of drug-likeness (QED) is 0.498. The summed E-state index contributed by atoms with van der Waals surface area (Å²) in [5, 5.41) is 13.0. The maximum atomic E-state index is 12.7. The minimum absolute atomic E-state index is 0.244. The summed E-state index contributed by atoms with van der Waals surface area (Å²) >= 11 is 1.19. The number of halogens is 3. The van der Waals surface area contributed by atoms with Gasteiger partial charge in [0.05, 0.1) is 21.4 Å². The number of nitrogens with zero attached hydrogens (tertiary/aromatic N) is 1. The van der Waals surface area contributed by atoms with Gasteiger partial charge >= 0.3 is 6.18 Å². The average Bonchev–Trinajstić information content (AvgIpc) is 2.66. The molecule has 1 atom stereocenters. The van der Waals surface area contributed by atoms with Gasteiger partial charge in [0.2, 0.25) is 11.8 Å². The molecule has 1 aliphatic rings. The summed E-state index contributed by atoms with van der Waals surface area (Å²) in [6.07, 6.45) is -4.99. The summed E-state index contributed by atoms with van der Waals surface area (Å²) in [6.45, 7) is 0. The Labute approximate surface area is 166 Å². The Kier molecular flexibility index (Phi) is 5.64. The summed E-state index contributed by atoms with van der Waals surface area (Å²) in [4.78, 5) is 35.1. The van der Waals surface area contributed by atoms with Gasteiger partial charge in [-0.25, -0.2) is 0 Å². The SMILES string of the molecule is O=C(CC1Sc2ccccc2NC1=O)NNc1ccc(C(F)(F)F)cc1[N+](=O)[O-]. The van der Waals surface area contributed by atoms with Crippen molar-refractivity contribution >= 4 is 40.6 Å². The number of para-hydroxylation sites is 1. The third-order valence-corrected chi connectivity index (χ3v) is 5.21. The van der Waals surface area contributed by atoms with E-state index in [9.17, 15) is 32.9 Å². The molecule has 0 radical (unpaired) electrons. The summed E-state index contributed by atoms with van der Waals surface area (Å²) in [5.41, 5.74) is 2.71. The molecule has 1 unspecified atom stereocenters. The summed E-state index contributed by atoms with van der Waals surface area (Å²) < 4.78 is 38.2. The maximum Gasteiger partial charge on any atom is 0.416 e. The van der Waals surface area contributed by atoms with Gasteiger partial charge in [0.25, 0.3) is 5.69 Å². The topological polar surface area (TPSA) is 113 Å². The second-order valence-corrected chi connectivity index (χ2v) is 7.20. The van der Waals surface area contributed by atoms with Crippen molar-refractivity contribution in [2.75, 3.05) is 10.7 Å². The molecule has 0 aliphatic carbocycles. The fourth-order valence-electron chi connectivity index (χ4n) is 2.55. The standard InChI is InChI=1S/C17H13F3N4O4S/c18-17(19,20)9-5-6-10(12(7-9)24(27)28)22-23-15(25)8-14-16(26)21-11-3-1-2-4-13(11)29-14/h1-7,14,22H,8H2,(H,21,26)(H,23,25). The fourth-order valence-corrected chi connectivity index (χ4v) is 3.66. The molecular formula is C17H13F3N4O4S. The first-order valence-corrected chi connectivity index (χ1v) is 9.00. The van der Waals surface area contributed by atoms with Crippen LogP contribution in [0.15, 0.2) is 47.4 Å². The van der Waals surface area contributed by atoms with Gasteiger partial charge in [-0.3, -0.25) is 30.6 Å². The zero-order valence-corrected chi connectivity index (χ0v) is 15.3. The first-order chi connectivity index (χ1) is 13.6. The van der Waals surface area contributed by atoms with Crippen molar-refractivity contribution < 1.29 is 27.7 Å². The molecule has 0 bridgehead atoms. The Balaban J connectivity index is 1.65. The van der Waals surface area contributed by atoms with E-state index in [0.29, 0.717) is 17.8 Å². The third kappa shape index (κ3) is 4.77. The van der Waals surface area contributed by atoms with Crippen LogP contribution in [0.1, 0.15) is 12.0 Å². The molecule has 1 heterocycles. The van der Waals surface area contributed by atoms with Gasteiger partial charge in [0, 0.05) is 17.4 Å². The molecule has 0 spiro atoms. The highest BCUT2D eigenvalue weighted by molar-refractivity contribution is 8.01. The number of fused-ring (bicyclic) bond motifs is 1. The van der Waals surface area contributed by atoms with Gasteiger partial charge in [0.1, 0.15) is 5.69 Å². The van der Waals surface area contributed by atoms with Crippen LogP contribution in [0.25, 0.3) is 0 Å². The highest BCUT2D eigenvalue weighted by Crippen LogP contribution is 2.37. The number of nitrogens with one attached hydrogen (secondary N) is 3. The van der Waals surface area contributed by atoms with Crippen LogP contribution in [0.2, 0.25) is 0 Å². The lowest BCUT2D eigenvalue weighted by Gasteiger charge is -2.23. The number of hydrogen-bond donors (Lipinski definition) is 3. The Morgan fingerprint density at radius 1 is 1.24 bits per heavy atom. The number of amides is 2. The number of hydrogen-bond acceptors (Lipinski definition) is 6. The van der Waals surface area contributed by atoms with Gasteiger partial charge in [-0.1, -0.05) is 12.1 Å². The van der Waals surface area contributed by atoms with Crippen LogP contribution in [-0.2, 0) is 15.8 Å². The normalized spacial score (nSPS) is 15.8. The van der Waals surface area contributed by atoms with Gasteiger partial charge in [0.15, 0.2) is 0 Å². The molecule has 2 aromatic rings. The van der Waals surface area contributed by atoms with E-state index in [2.05, 4.69) is 16.2 Å². The van der Waals surface area contributed by atoms with E-state index in [1.54, 1.807) is 24.3 Å². The average molecular weight is 426 g/mol. The Bertz CT molecular complexity index is 983. The zero-order valence-electron chi connectivity index (χ0n) is 14.4. The lowest BCUT2D eigenvalue weighted by Crippen LogP contribution is -2.37. The molecule has 3 rings (SSSR count). The van der Waals surface area contributed by atoms with Crippen molar-refractivity contribution in [3.63, 3.8) is 0 Å². The lowest BCUT2D eigenvalue weighted by molar-refractivity contribution is -0.384. The summed E-state index contributed by atoms with van der Waals surface area (Å²) in [5.74, 6) is -1.03. The largest absolute Gasteiger partial charge is 0.416 e. The number of carbonyl (C=O) groups is 2. The van der Waals surface area contributed by atoms with Crippen LogP contribution in [0.5, 0.6) is 0 Å². The van der Waals surface area contributed by atoms with Gasteiger partial charge in [-0.05, 0) is 24.3 Å². The molecule has 0 saturated carbocycles. The Morgan fingerprint density at radius 3 is 2.66 bits per heavy atom. The molecule has 2 amide bonds. The Morgan fingerprint density at radius 2 is 1.97 bits per heavy atom. The highest BCUT2D eigenvalue weighted by atomic mass is 32.2.